The van der Waals surface area contributed by atoms with E-state index in [1.165, 1.54) is 63.8 Å². The topological polar surface area (TPSA) is 55.9 Å². The number of piperazine rings is 1. The SMILES string of the molecule is Cc1ccc(C(=O)N2CCC(CC(=O)NCCCN3CCN(C4CCCCC4)CC3)CC2)cc1. The first-order chi connectivity index (χ1) is 16.6. The Morgan fingerprint density at radius 2 is 1.56 bits per heavy atom. The van der Waals surface area contributed by atoms with Gasteiger partial charge in [0.2, 0.25) is 5.91 Å². The highest BCUT2D eigenvalue weighted by Gasteiger charge is 2.26. The van der Waals surface area contributed by atoms with Gasteiger partial charge in [0.25, 0.3) is 5.91 Å². The van der Waals surface area contributed by atoms with Gasteiger partial charge in [-0.3, -0.25) is 14.5 Å². The molecule has 6 nitrogen and oxygen atoms in total. The van der Waals surface area contributed by atoms with Crippen LogP contribution in [0.5, 0.6) is 0 Å². The summed E-state index contributed by atoms with van der Waals surface area (Å²) in [4.78, 5) is 32.3. The minimum atomic E-state index is 0.113. The van der Waals surface area contributed by atoms with Crippen molar-refractivity contribution >= 4 is 11.8 Å². The molecular formula is C28H44N4O2. The van der Waals surface area contributed by atoms with Crippen LogP contribution in [-0.4, -0.2) is 84.9 Å². The van der Waals surface area contributed by atoms with Crippen molar-refractivity contribution < 1.29 is 9.59 Å². The van der Waals surface area contributed by atoms with Gasteiger partial charge in [0.05, 0.1) is 0 Å². The van der Waals surface area contributed by atoms with Gasteiger partial charge in [-0.2, -0.15) is 0 Å². The van der Waals surface area contributed by atoms with Crippen LogP contribution in [0, 0.1) is 12.8 Å². The van der Waals surface area contributed by atoms with Crippen LogP contribution in [0.3, 0.4) is 0 Å². The number of carbonyl (C=O) groups is 2. The number of aryl methyl sites for hydroxylation is 1. The van der Waals surface area contributed by atoms with Crippen LogP contribution in [-0.2, 0) is 4.79 Å². The number of hydrogen-bond donors (Lipinski definition) is 1. The van der Waals surface area contributed by atoms with E-state index in [1.54, 1.807) is 0 Å². The lowest BCUT2D eigenvalue weighted by Gasteiger charge is -2.40. The zero-order chi connectivity index (χ0) is 23.8. The van der Waals surface area contributed by atoms with Crippen molar-refractivity contribution in [3.8, 4) is 0 Å². The normalized spacial score (nSPS) is 21.5. The Morgan fingerprint density at radius 3 is 2.24 bits per heavy atom. The number of hydrogen-bond acceptors (Lipinski definition) is 4. The summed E-state index contributed by atoms with van der Waals surface area (Å²) >= 11 is 0. The van der Waals surface area contributed by atoms with Gasteiger partial charge >= 0.3 is 0 Å². The molecule has 1 N–H and O–H groups in total. The average Bonchev–Trinajstić information content (AvgIpc) is 2.88. The molecule has 34 heavy (non-hydrogen) atoms. The molecule has 0 spiro atoms. The molecule has 2 aliphatic heterocycles. The molecule has 3 fully saturated rings. The quantitative estimate of drug-likeness (QED) is 0.591. The first-order valence-corrected chi connectivity index (χ1v) is 13.7. The number of carbonyl (C=O) groups excluding carboxylic acids is 2. The van der Waals surface area contributed by atoms with Gasteiger partial charge in [-0.25, -0.2) is 0 Å². The Labute approximate surface area is 206 Å². The highest BCUT2D eigenvalue weighted by atomic mass is 16.2. The number of rotatable bonds is 8. The van der Waals surface area contributed by atoms with Gasteiger partial charge in [-0.05, 0) is 63.6 Å². The van der Waals surface area contributed by atoms with Crippen LogP contribution >= 0.6 is 0 Å². The largest absolute Gasteiger partial charge is 0.356 e. The van der Waals surface area contributed by atoms with Crippen LogP contribution < -0.4 is 5.32 Å². The number of benzene rings is 1. The molecule has 1 saturated carbocycles. The Balaban J connectivity index is 1.05. The Kier molecular flexibility index (Phi) is 9.40. The number of nitrogens with one attached hydrogen (secondary N) is 1. The van der Waals surface area contributed by atoms with E-state index in [4.69, 9.17) is 0 Å². The molecule has 2 saturated heterocycles. The van der Waals surface area contributed by atoms with Gasteiger partial charge < -0.3 is 15.1 Å². The van der Waals surface area contributed by atoms with Gasteiger partial charge in [-0.1, -0.05) is 37.0 Å². The zero-order valence-corrected chi connectivity index (χ0v) is 21.1. The smallest absolute Gasteiger partial charge is 0.253 e. The Hall–Kier alpha value is -1.92. The van der Waals surface area contributed by atoms with Crippen molar-refractivity contribution in [3.05, 3.63) is 35.4 Å². The number of amides is 2. The van der Waals surface area contributed by atoms with E-state index in [2.05, 4.69) is 15.1 Å². The van der Waals surface area contributed by atoms with Crippen molar-refractivity contribution in [2.24, 2.45) is 5.92 Å². The second-order valence-electron chi connectivity index (χ2n) is 10.7. The number of nitrogens with zero attached hydrogens (tertiary/aromatic N) is 3. The third-order valence-electron chi connectivity index (χ3n) is 8.15. The lowest BCUT2D eigenvalue weighted by molar-refractivity contribution is -0.122. The zero-order valence-electron chi connectivity index (χ0n) is 21.1. The summed E-state index contributed by atoms with van der Waals surface area (Å²) in [5.41, 5.74) is 1.93. The van der Waals surface area contributed by atoms with Crippen molar-refractivity contribution in [2.75, 3.05) is 52.4 Å². The molecule has 4 rings (SSSR count). The summed E-state index contributed by atoms with van der Waals surface area (Å²) in [6.45, 7) is 10.1. The molecule has 1 aromatic carbocycles. The van der Waals surface area contributed by atoms with Crippen LogP contribution in [0.1, 0.15) is 73.7 Å². The van der Waals surface area contributed by atoms with Crippen molar-refractivity contribution in [1.29, 1.82) is 0 Å². The molecule has 1 aromatic rings. The standard InChI is InChI=1S/C28H44N4O2/c1-23-8-10-25(11-9-23)28(34)32-16-12-24(13-17-32)22-27(33)29-14-5-15-30-18-20-31(21-19-30)26-6-3-2-4-7-26/h8-11,24,26H,2-7,12-22H2,1H3,(H,29,33). The summed E-state index contributed by atoms with van der Waals surface area (Å²) in [7, 11) is 0. The summed E-state index contributed by atoms with van der Waals surface area (Å²) < 4.78 is 0. The van der Waals surface area contributed by atoms with E-state index >= 15 is 0 Å². The summed E-state index contributed by atoms with van der Waals surface area (Å²) in [6, 6.07) is 8.63. The molecule has 0 aromatic heterocycles. The molecule has 0 radical (unpaired) electrons. The van der Waals surface area contributed by atoms with Crippen LogP contribution in [0.15, 0.2) is 24.3 Å². The maximum absolute atomic E-state index is 12.7. The molecule has 0 bridgehead atoms. The molecule has 188 valence electrons. The highest BCUT2D eigenvalue weighted by Crippen LogP contribution is 2.24. The van der Waals surface area contributed by atoms with E-state index in [9.17, 15) is 9.59 Å². The minimum Gasteiger partial charge on any atom is -0.356 e. The van der Waals surface area contributed by atoms with Crippen molar-refractivity contribution in [2.45, 2.75) is 70.8 Å². The van der Waals surface area contributed by atoms with Crippen LogP contribution in [0.25, 0.3) is 0 Å². The van der Waals surface area contributed by atoms with Crippen LogP contribution in [0.4, 0.5) is 0 Å². The van der Waals surface area contributed by atoms with Gasteiger partial charge in [0.1, 0.15) is 0 Å². The molecule has 1 aliphatic carbocycles. The summed E-state index contributed by atoms with van der Waals surface area (Å²) in [6.07, 6.45) is 10.5. The summed E-state index contributed by atoms with van der Waals surface area (Å²) in [5, 5.41) is 3.14. The molecule has 3 aliphatic rings. The van der Waals surface area contributed by atoms with Crippen molar-refractivity contribution in [3.63, 3.8) is 0 Å². The Morgan fingerprint density at radius 1 is 0.882 bits per heavy atom. The molecule has 0 unspecified atom stereocenters. The fourth-order valence-corrected chi connectivity index (χ4v) is 5.88. The van der Waals surface area contributed by atoms with E-state index < -0.39 is 0 Å². The van der Waals surface area contributed by atoms with Crippen LogP contribution in [0.2, 0.25) is 0 Å². The number of piperidine rings is 1. The van der Waals surface area contributed by atoms with E-state index in [1.807, 2.05) is 36.1 Å². The van der Waals surface area contributed by atoms with E-state index in [0.29, 0.717) is 12.3 Å². The predicted molar refractivity (Wildman–Crippen MR) is 137 cm³/mol. The van der Waals surface area contributed by atoms with Gasteiger partial charge in [0.15, 0.2) is 0 Å². The lowest BCUT2D eigenvalue weighted by Crippen LogP contribution is -2.51. The fraction of sp³-hybridized carbons (Fsp3) is 0.714. The van der Waals surface area contributed by atoms with Gasteiger partial charge in [0, 0.05) is 63.8 Å². The second-order valence-corrected chi connectivity index (χ2v) is 10.7. The molecule has 2 amide bonds. The van der Waals surface area contributed by atoms with Crippen molar-refractivity contribution in [1.82, 2.24) is 20.0 Å². The highest BCUT2D eigenvalue weighted by molar-refractivity contribution is 5.94. The number of likely N-dealkylation sites (tertiary alicyclic amines) is 1. The lowest BCUT2D eigenvalue weighted by atomic mass is 9.93. The first kappa shape index (κ1) is 25.2. The summed E-state index contributed by atoms with van der Waals surface area (Å²) in [5.74, 6) is 0.669. The third-order valence-corrected chi connectivity index (χ3v) is 8.15. The maximum atomic E-state index is 12.7. The monoisotopic (exact) mass is 468 g/mol. The molecule has 2 heterocycles. The molecular weight excluding hydrogens is 424 g/mol. The first-order valence-electron chi connectivity index (χ1n) is 13.7. The van der Waals surface area contributed by atoms with Gasteiger partial charge in [-0.15, -0.1) is 0 Å². The fourth-order valence-electron chi connectivity index (χ4n) is 5.88. The average molecular weight is 469 g/mol. The second kappa shape index (κ2) is 12.7. The third kappa shape index (κ3) is 7.29. The molecule has 6 heteroatoms. The van der Waals surface area contributed by atoms with E-state index in [0.717, 1.165) is 57.0 Å². The molecule has 0 atom stereocenters. The maximum Gasteiger partial charge on any atom is 0.253 e. The van der Waals surface area contributed by atoms with E-state index in [-0.39, 0.29) is 11.8 Å². The minimum absolute atomic E-state index is 0.113. The predicted octanol–water partition coefficient (Wildman–Crippen LogP) is 3.69. The Bertz CT molecular complexity index is 774.